The zero-order valence-electron chi connectivity index (χ0n) is 9.87. The van der Waals surface area contributed by atoms with Crippen molar-refractivity contribution in [1.82, 2.24) is 4.98 Å². The largest absolute Gasteiger partial charge is 0.478 e. The molecule has 1 heterocycles. The predicted molar refractivity (Wildman–Crippen MR) is 68.4 cm³/mol. The molecule has 3 nitrogen and oxygen atoms in total. The molecule has 0 aliphatic heterocycles. The lowest BCUT2D eigenvalue weighted by atomic mass is 10.2. The van der Waals surface area contributed by atoms with E-state index in [4.69, 9.17) is 16.3 Å². The second-order valence-corrected chi connectivity index (χ2v) is 4.05. The van der Waals surface area contributed by atoms with Crippen LogP contribution in [0.2, 0.25) is 0 Å². The molecule has 0 aliphatic carbocycles. The third-order valence-electron chi connectivity index (χ3n) is 2.18. The highest BCUT2D eigenvalue weighted by molar-refractivity contribution is 6.17. The summed E-state index contributed by atoms with van der Waals surface area (Å²) in [6.07, 6.45) is 2.06. The maximum absolute atomic E-state index is 5.65. The molecule has 90 valence electrons. The van der Waals surface area contributed by atoms with Crippen LogP contribution in [0.4, 0.5) is 5.82 Å². The summed E-state index contributed by atoms with van der Waals surface area (Å²) in [5, 5.41) is 3.33. The summed E-state index contributed by atoms with van der Waals surface area (Å²) >= 11 is 5.65. The normalized spacial score (nSPS) is 12.2. The number of hydrogen-bond donors (Lipinski definition) is 1. The lowest BCUT2D eigenvalue weighted by Gasteiger charge is -2.14. The van der Waals surface area contributed by atoms with Gasteiger partial charge in [-0.2, -0.15) is 4.98 Å². The number of halogens is 1. The van der Waals surface area contributed by atoms with Gasteiger partial charge in [0.15, 0.2) is 0 Å². The summed E-state index contributed by atoms with van der Waals surface area (Å²) in [5.41, 5.74) is 0. The highest BCUT2D eigenvalue weighted by Gasteiger charge is 2.03. The van der Waals surface area contributed by atoms with Crippen molar-refractivity contribution in [3.63, 3.8) is 0 Å². The molecule has 16 heavy (non-hydrogen) atoms. The number of hydrogen-bond acceptors (Lipinski definition) is 3. The van der Waals surface area contributed by atoms with E-state index in [-0.39, 0.29) is 0 Å². The van der Waals surface area contributed by atoms with E-state index in [1.165, 1.54) is 0 Å². The van der Waals surface area contributed by atoms with E-state index in [9.17, 15) is 0 Å². The Balaban J connectivity index is 2.49. The van der Waals surface area contributed by atoms with Crippen molar-refractivity contribution in [3.05, 3.63) is 18.2 Å². The zero-order chi connectivity index (χ0) is 11.8. The topological polar surface area (TPSA) is 34.1 Å². The van der Waals surface area contributed by atoms with Gasteiger partial charge in [0, 0.05) is 18.0 Å². The number of nitrogens with zero attached hydrogens (tertiary/aromatic N) is 1. The van der Waals surface area contributed by atoms with Crippen LogP contribution in [-0.2, 0) is 0 Å². The van der Waals surface area contributed by atoms with Crippen molar-refractivity contribution in [2.45, 2.75) is 32.7 Å². The van der Waals surface area contributed by atoms with E-state index in [1.54, 1.807) is 0 Å². The van der Waals surface area contributed by atoms with Crippen LogP contribution in [0, 0.1) is 0 Å². The van der Waals surface area contributed by atoms with Crippen molar-refractivity contribution in [2.24, 2.45) is 0 Å². The molecule has 1 atom stereocenters. The quantitative estimate of drug-likeness (QED) is 0.745. The minimum Gasteiger partial charge on any atom is -0.478 e. The Hall–Kier alpha value is -0.960. The standard InChI is InChI=1S/C12H19ClN2O/c1-3-16-12-8-4-7-11(15-12)14-10(2)6-5-9-13/h4,7-8,10H,3,5-6,9H2,1-2H3,(H,14,15). The molecule has 0 saturated carbocycles. The SMILES string of the molecule is CCOc1cccc(NC(C)CCCCl)n1. The highest BCUT2D eigenvalue weighted by Crippen LogP contribution is 2.13. The van der Waals surface area contributed by atoms with Crippen LogP contribution in [0.15, 0.2) is 18.2 Å². The van der Waals surface area contributed by atoms with Gasteiger partial charge in [0.1, 0.15) is 5.82 Å². The molecule has 1 aromatic heterocycles. The fourth-order valence-electron chi connectivity index (χ4n) is 1.43. The molecule has 0 aromatic carbocycles. The Bertz CT molecular complexity index is 307. The highest BCUT2D eigenvalue weighted by atomic mass is 35.5. The Morgan fingerprint density at radius 2 is 2.31 bits per heavy atom. The Kier molecular flexibility index (Phi) is 6.01. The average Bonchev–Trinajstić information content (AvgIpc) is 2.27. The van der Waals surface area contributed by atoms with Crippen molar-refractivity contribution in [2.75, 3.05) is 17.8 Å². The van der Waals surface area contributed by atoms with E-state index in [0.717, 1.165) is 18.7 Å². The van der Waals surface area contributed by atoms with Crippen LogP contribution >= 0.6 is 11.6 Å². The number of aromatic nitrogens is 1. The van der Waals surface area contributed by atoms with Gasteiger partial charge in [-0.05, 0) is 32.8 Å². The fraction of sp³-hybridized carbons (Fsp3) is 0.583. The molecule has 0 aliphatic rings. The van der Waals surface area contributed by atoms with Crippen LogP contribution in [0.3, 0.4) is 0 Å². The molecule has 1 unspecified atom stereocenters. The number of pyridine rings is 1. The van der Waals surface area contributed by atoms with E-state index in [1.807, 2.05) is 25.1 Å². The third-order valence-corrected chi connectivity index (χ3v) is 2.45. The van der Waals surface area contributed by atoms with Gasteiger partial charge in [0.2, 0.25) is 5.88 Å². The van der Waals surface area contributed by atoms with Gasteiger partial charge in [0.05, 0.1) is 6.61 Å². The van der Waals surface area contributed by atoms with Gasteiger partial charge in [-0.1, -0.05) is 6.07 Å². The van der Waals surface area contributed by atoms with Crippen molar-refractivity contribution >= 4 is 17.4 Å². The Morgan fingerprint density at radius 1 is 1.50 bits per heavy atom. The van der Waals surface area contributed by atoms with Crippen LogP contribution < -0.4 is 10.1 Å². The maximum Gasteiger partial charge on any atom is 0.215 e. The van der Waals surface area contributed by atoms with Gasteiger partial charge in [-0.3, -0.25) is 0 Å². The third kappa shape index (κ3) is 4.71. The molecule has 0 fully saturated rings. The smallest absolute Gasteiger partial charge is 0.215 e. The van der Waals surface area contributed by atoms with E-state index in [2.05, 4.69) is 17.2 Å². The summed E-state index contributed by atoms with van der Waals surface area (Å²) in [7, 11) is 0. The average molecular weight is 243 g/mol. The molecule has 4 heteroatoms. The predicted octanol–water partition coefficient (Wildman–Crippen LogP) is 3.30. The second kappa shape index (κ2) is 7.34. The lowest BCUT2D eigenvalue weighted by Crippen LogP contribution is -2.16. The first-order valence-corrected chi connectivity index (χ1v) is 6.22. The van der Waals surface area contributed by atoms with E-state index < -0.39 is 0 Å². The van der Waals surface area contributed by atoms with E-state index in [0.29, 0.717) is 24.4 Å². The number of ether oxygens (including phenoxy) is 1. The molecule has 0 saturated heterocycles. The maximum atomic E-state index is 5.65. The molecule has 0 bridgehead atoms. The van der Waals surface area contributed by atoms with Crippen molar-refractivity contribution in [3.8, 4) is 5.88 Å². The summed E-state index contributed by atoms with van der Waals surface area (Å²) < 4.78 is 5.34. The van der Waals surface area contributed by atoms with Crippen molar-refractivity contribution in [1.29, 1.82) is 0 Å². The summed E-state index contributed by atoms with van der Waals surface area (Å²) in [5.74, 6) is 2.23. The Labute approximate surface area is 102 Å². The first-order chi connectivity index (χ1) is 7.76. The second-order valence-electron chi connectivity index (χ2n) is 3.67. The van der Waals surface area contributed by atoms with Gasteiger partial charge in [-0.25, -0.2) is 0 Å². The molecule has 1 aromatic rings. The Morgan fingerprint density at radius 3 is 3.00 bits per heavy atom. The van der Waals surface area contributed by atoms with Gasteiger partial charge >= 0.3 is 0 Å². The van der Waals surface area contributed by atoms with Crippen LogP contribution in [0.1, 0.15) is 26.7 Å². The molecule has 1 rings (SSSR count). The number of nitrogens with one attached hydrogen (secondary N) is 1. The summed E-state index contributed by atoms with van der Waals surface area (Å²) in [6, 6.07) is 6.12. The molecular formula is C12H19ClN2O. The zero-order valence-corrected chi connectivity index (χ0v) is 10.6. The van der Waals surface area contributed by atoms with Gasteiger partial charge in [0.25, 0.3) is 0 Å². The monoisotopic (exact) mass is 242 g/mol. The van der Waals surface area contributed by atoms with Crippen LogP contribution in [0.25, 0.3) is 0 Å². The van der Waals surface area contributed by atoms with Crippen LogP contribution in [-0.4, -0.2) is 23.5 Å². The lowest BCUT2D eigenvalue weighted by molar-refractivity contribution is 0.327. The molecule has 0 spiro atoms. The first-order valence-electron chi connectivity index (χ1n) is 5.68. The summed E-state index contributed by atoms with van der Waals surface area (Å²) in [4.78, 5) is 4.34. The number of anilines is 1. The van der Waals surface area contributed by atoms with Gasteiger partial charge in [-0.15, -0.1) is 11.6 Å². The molecule has 0 radical (unpaired) electrons. The minimum atomic E-state index is 0.378. The fourth-order valence-corrected chi connectivity index (χ4v) is 1.59. The molecule has 1 N–H and O–H groups in total. The van der Waals surface area contributed by atoms with Gasteiger partial charge < -0.3 is 10.1 Å². The molecular weight excluding hydrogens is 224 g/mol. The summed E-state index contributed by atoms with van der Waals surface area (Å²) in [6.45, 7) is 4.71. The van der Waals surface area contributed by atoms with Crippen LogP contribution in [0.5, 0.6) is 5.88 Å². The number of rotatable bonds is 7. The minimum absolute atomic E-state index is 0.378. The number of alkyl halides is 1. The van der Waals surface area contributed by atoms with E-state index >= 15 is 0 Å². The van der Waals surface area contributed by atoms with Crippen molar-refractivity contribution < 1.29 is 4.74 Å². The molecule has 0 amide bonds. The first kappa shape index (κ1) is 13.1.